The average Bonchev–Trinajstić information content (AvgIpc) is 2.33. The van der Waals surface area contributed by atoms with Crippen LogP contribution in [0, 0.1) is 0 Å². The van der Waals surface area contributed by atoms with Crippen molar-refractivity contribution in [2.75, 3.05) is 0 Å². The van der Waals surface area contributed by atoms with E-state index in [0.29, 0.717) is 0 Å². The third-order valence-corrected chi connectivity index (χ3v) is 1.67. The number of hydrogen-bond donors (Lipinski definition) is 2. The van der Waals surface area contributed by atoms with Gasteiger partial charge in [-0.3, -0.25) is 0 Å². The molecule has 0 bridgehead atoms. The minimum Gasteiger partial charge on any atom is -0.360 e. The summed E-state index contributed by atoms with van der Waals surface area (Å²) in [5.74, 6) is 0. The Labute approximate surface area is 63.7 Å². The van der Waals surface area contributed by atoms with Crippen LogP contribution in [-0.2, 0) is 0 Å². The molecule has 2 rings (SSSR count). The van der Waals surface area contributed by atoms with Crippen LogP contribution < -0.4 is 0 Å². The maximum Gasteiger partial charge on any atom is 0.0937 e. The molecule has 0 saturated heterocycles. The lowest BCUT2D eigenvalue weighted by Crippen LogP contribution is -1.73. The van der Waals surface area contributed by atoms with E-state index in [9.17, 15) is 0 Å². The summed E-state index contributed by atoms with van der Waals surface area (Å²) in [6, 6.07) is 3.92. The number of H-pyrrole nitrogens is 1. The molecule has 1 N–H and O–H groups in total. The number of hydrogen-bond acceptors (Lipinski definition) is 2. The topological polar surface area (TPSA) is 28.7 Å². The van der Waals surface area contributed by atoms with Crippen molar-refractivity contribution in [1.82, 2.24) is 9.97 Å². The highest BCUT2D eigenvalue weighted by molar-refractivity contribution is 7.80. The molecule has 0 saturated carbocycles. The Morgan fingerprint density at radius 3 is 3.30 bits per heavy atom. The minimum atomic E-state index is 0.757. The highest BCUT2D eigenvalue weighted by Gasteiger charge is 1.92. The molecule has 0 fully saturated rings. The molecule has 2 aromatic rings. The second kappa shape index (κ2) is 2.02. The maximum atomic E-state index is 4.11. The molecule has 0 aliphatic heterocycles. The first-order valence-corrected chi connectivity index (χ1v) is 3.43. The Hall–Kier alpha value is -0.960. The van der Waals surface area contributed by atoms with Crippen molar-refractivity contribution in [1.29, 1.82) is 0 Å². The van der Waals surface area contributed by atoms with Crippen LogP contribution in [0.3, 0.4) is 0 Å². The molecule has 50 valence electrons. The molecule has 0 aliphatic carbocycles. The molecule has 0 aromatic carbocycles. The van der Waals surface area contributed by atoms with Gasteiger partial charge in [-0.2, -0.15) is 0 Å². The molecule has 0 atom stereocenters. The van der Waals surface area contributed by atoms with Crippen LogP contribution in [0.4, 0.5) is 0 Å². The van der Waals surface area contributed by atoms with E-state index in [1.54, 1.807) is 6.20 Å². The molecule has 2 aromatic heterocycles. The highest BCUT2D eigenvalue weighted by atomic mass is 32.1. The molecule has 10 heavy (non-hydrogen) atoms. The van der Waals surface area contributed by atoms with Crippen LogP contribution in [0.1, 0.15) is 0 Å². The summed E-state index contributed by atoms with van der Waals surface area (Å²) in [6.45, 7) is 0. The molecule has 0 unspecified atom stereocenters. The van der Waals surface area contributed by atoms with Crippen molar-refractivity contribution in [3.8, 4) is 0 Å². The predicted octanol–water partition coefficient (Wildman–Crippen LogP) is 1.85. The van der Waals surface area contributed by atoms with Gasteiger partial charge in [0.2, 0.25) is 0 Å². The Kier molecular flexibility index (Phi) is 1.17. The van der Waals surface area contributed by atoms with Gasteiger partial charge in [-0.15, -0.1) is 12.6 Å². The largest absolute Gasteiger partial charge is 0.360 e. The van der Waals surface area contributed by atoms with E-state index in [-0.39, 0.29) is 0 Å². The van der Waals surface area contributed by atoms with Gasteiger partial charge in [0.15, 0.2) is 0 Å². The van der Waals surface area contributed by atoms with Gasteiger partial charge in [0.1, 0.15) is 0 Å². The molecule has 0 spiro atoms. The van der Waals surface area contributed by atoms with Crippen LogP contribution in [0.15, 0.2) is 29.6 Å². The zero-order valence-electron chi connectivity index (χ0n) is 5.20. The van der Waals surface area contributed by atoms with Gasteiger partial charge in [-0.25, -0.2) is 4.98 Å². The lowest BCUT2D eigenvalue weighted by molar-refractivity contribution is 1.16. The van der Waals surface area contributed by atoms with Crippen LogP contribution in [0.2, 0.25) is 0 Å². The van der Waals surface area contributed by atoms with Crippen LogP contribution >= 0.6 is 12.6 Å². The quantitative estimate of drug-likeness (QED) is 0.551. The minimum absolute atomic E-state index is 0.757. The maximum absolute atomic E-state index is 4.11. The van der Waals surface area contributed by atoms with E-state index < -0.39 is 0 Å². The molecule has 2 heterocycles. The van der Waals surface area contributed by atoms with E-state index in [2.05, 4.69) is 22.6 Å². The summed E-state index contributed by atoms with van der Waals surface area (Å²) in [4.78, 5) is 7.06. The highest BCUT2D eigenvalue weighted by Crippen LogP contribution is 2.12. The number of rotatable bonds is 0. The van der Waals surface area contributed by atoms with Crippen molar-refractivity contribution in [3.63, 3.8) is 0 Å². The molecule has 0 aliphatic rings. The normalized spacial score (nSPS) is 10.5. The fourth-order valence-electron chi connectivity index (χ4n) is 0.939. The number of thiol groups is 1. The zero-order valence-corrected chi connectivity index (χ0v) is 6.10. The SMILES string of the molecule is Sc1cc2cc[nH]c2cn1. The van der Waals surface area contributed by atoms with Crippen molar-refractivity contribution >= 4 is 23.5 Å². The summed E-state index contributed by atoms with van der Waals surface area (Å²) in [7, 11) is 0. The summed E-state index contributed by atoms with van der Waals surface area (Å²) in [5.41, 5.74) is 1.05. The second-order valence-corrected chi connectivity index (χ2v) is 2.57. The van der Waals surface area contributed by atoms with E-state index >= 15 is 0 Å². The molecule has 0 radical (unpaired) electrons. The third-order valence-electron chi connectivity index (χ3n) is 1.42. The fourth-order valence-corrected chi connectivity index (χ4v) is 1.14. The van der Waals surface area contributed by atoms with Crippen LogP contribution in [0.25, 0.3) is 10.9 Å². The summed E-state index contributed by atoms with van der Waals surface area (Å²) in [6.07, 6.45) is 3.66. The van der Waals surface area contributed by atoms with Gasteiger partial charge >= 0.3 is 0 Å². The Balaban J connectivity index is 2.86. The van der Waals surface area contributed by atoms with E-state index in [1.807, 2.05) is 18.3 Å². The number of aromatic amines is 1. The second-order valence-electron chi connectivity index (χ2n) is 2.11. The zero-order chi connectivity index (χ0) is 6.97. The third kappa shape index (κ3) is 0.789. The number of nitrogens with one attached hydrogen (secondary N) is 1. The monoisotopic (exact) mass is 150 g/mol. The van der Waals surface area contributed by atoms with Crippen LogP contribution in [0.5, 0.6) is 0 Å². The van der Waals surface area contributed by atoms with Gasteiger partial charge in [-0.1, -0.05) is 0 Å². The van der Waals surface area contributed by atoms with Crippen molar-refractivity contribution in [2.24, 2.45) is 0 Å². The van der Waals surface area contributed by atoms with Gasteiger partial charge in [-0.05, 0) is 12.1 Å². The van der Waals surface area contributed by atoms with Gasteiger partial charge in [0, 0.05) is 11.6 Å². The number of aromatic nitrogens is 2. The first-order valence-electron chi connectivity index (χ1n) is 2.98. The van der Waals surface area contributed by atoms with Gasteiger partial charge in [0.25, 0.3) is 0 Å². The van der Waals surface area contributed by atoms with Crippen molar-refractivity contribution in [2.45, 2.75) is 5.03 Å². The Bertz CT molecular complexity index is 353. The van der Waals surface area contributed by atoms with Crippen molar-refractivity contribution in [3.05, 3.63) is 24.5 Å². The number of fused-ring (bicyclic) bond motifs is 1. The first-order chi connectivity index (χ1) is 4.86. The molecular weight excluding hydrogens is 144 g/mol. The lowest BCUT2D eigenvalue weighted by atomic mass is 10.3. The standard InChI is InChI=1S/C7H6N2S/c10-7-3-5-1-2-8-6(5)4-9-7/h1-4,8H,(H,9,10). The fraction of sp³-hybridized carbons (Fsp3) is 0. The number of nitrogens with zero attached hydrogens (tertiary/aromatic N) is 1. The Morgan fingerprint density at radius 2 is 2.40 bits per heavy atom. The summed E-state index contributed by atoms with van der Waals surface area (Å²) >= 11 is 4.11. The summed E-state index contributed by atoms with van der Waals surface area (Å²) < 4.78 is 0. The Morgan fingerprint density at radius 1 is 1.50 bits per heavy atom. The molecule has 2 nitrogen and oxygen atoms in total. The molecule has 0 amide bonds. The first kappa shape index (κ1) is 5.80. The smallest absolute Gasteiger partial charge is 0.0937 e. The lowest BCUT2D eigenvalue weighted by Gasteiger charge is -1.88. The molecular formula is C7H6N2S. The predicted molar refractivity (Wildman–Crippen MR) is 43.3 cm³/mol. The van der Waals surface area contributed by atoms with E-state index in [0.717, 1.165) is 15.9 Å². The van der Waals surface area contributed by atoms with Crippen LogP contribution in [-0.4, -0.2) is 9.97 Å². The van der Waals surface area contributed by atoms with E-state index in [1.165, 1.54) is 0 Å². The van der Waals surface area contributed by atoms with Gasteiger partial charge in [0.05, 0.1) is 16.7 Å². The molecule has 3 heteroatoms. The number of pyridine rings is 1. The van der Waals surface area contributed by atoms with E-state index in [4.69, 9.17) is 0 Å². The summed E-state index contributed by atoms with van der Waals surface area (Å²) in [5, 5.41) is 1.91. The average molecular weight is 150 g/mol. The van der Waals surface area contributed by atoms with Gasteiger partial charge < -0.3 is 4.98 Å². The van der Waals surface area contributed by atoms with Crippen molar-refractivity contribution < 1.29 is 0 Å².